The Morgan fingerprint density at radius 2 is 1.71 bits per heavy atom. The average molecular weight is 579 g/mol. The summed E-state index contributed by atoms with van der Waals surface area (Å²) in [6.07, 6.45) is 0.372. The van der Waals surface area contributed by atoms with E-state index in [1.165, 1.54) is 19.1 Å². The van der Waals surface area contributed by atoms with Crippen LogP contribution in [0.15, 0.2) is 53.1 Å². The number of amides is 3. The summed E-state index contributed by atoms with van der Waals surface area (Å²) in [6, 6.07) is 13.2. The number of hydrogen-bond donors (Lipinski definition) is 2. The van der Waals surface area contributed by atoms with Gasteiger partial charge in [-0.05, 0) is 56.9 Å². The molecule has 10 nitrogen and oxygen atoms in total. The number of para-hydroxylation sites is 1. The minimum atomic E-state index is -1.13. The molecular weight excluding hydrogens is 536 g/mol. The van der Waals surface area contributed by atoms with E-state index in [0.29, 0.717) is 34.9 Å². The zero-order chi connectivity index (χ0) is 31.0. The van der Waals surface area contributed by atoms with Crippen molar-refractivity contribution in [1.29, 1.82) is 0 Å². The maximum atomic E-state index is 14.2. The first kappa shape index (κ1) is 32.2. The molecule has 0 bridgehead atoms. The van der Waals surface area contributed by atoms with Crippen LogP contribution in [0.3, 0.4) is 0 Å². The Bertz CT molecular complexity index is 1380. The van der Waals surface area contributed by atoms with Crippen molar-refractivity contribution in [2.45, 2.75) is 78.3 Å². The summed E-state index contributed by atoms with van der Waals surface area (Å²) in [6.45, 7) is 11.7. The van der Waals surface area contributed by atoms with Crippen LogP contribution < -0.4 is 25.0 Å². The molecule has 0 saturated carbocycles. The summed E-state index contributed by atoms with van der Waals surface area (Å²) in [5.74, 6) is 0.640. The standard InChI is InChI=1S/C32H42N4O6/c1-9-32(5,6)34-31(39)29(24-11-10-12-25(40-7)30(24)41-8)36(23-15-13-22(14-16-23)20(2)3)28(38)18-17-27(37)33-26-19-21(4)42-35-26/h10-16,19-20,29H,9,17-18H2,1-8H3,(H,34,39)(H,33,35,37)/t29-/m1/s1. The van der Waals surface area contributed by atoms with E-state index in [1.807, 2.05) is 45.0 Å². The van der Waals surface area contributed by atoms with Crippen molar-refractivity contribution < 1.29 is 28.4 Å². The van der Waals surface area contributed by atoms with Gasteiger partial charge in [0.1, 0.15) is 11.8 Å². The molecule has 0 saturated heterocycles. The normalized spacial score (nSPS) is 12.0. The highest BCUT2D eigenvalue weighted by Gasteiger charge is 2.37. The Hall–Kier alpha value is -4.34. The van der Waals surface area contributed by atoms with Crippen molar-refractivity contribution in [1.82, 2.24) is 10.5 Å². The Labute approximate surface area is 247 Å². The monoisotopic (exact) mass is 578 g/mol. The van der Waals surface area contributed by atoms with Crippen LogP contribution in [0.4, 0.5) is 11.5 Å². The summed E-state index contributed by atoms with van der Waals surface area (Å²) in [7, 11) is 3.01. The van der Waals surface area contributed by atoms with Crippen LogP contribution in [-0.2, 0) is 14.4 Å². The number of carbonyl (C=O) groups is 3. The summed E-state index contributed by atoms with van der Waals surface area (Å²) < 4.78 is 16.2. The van der Waals surface area contributed by atoms with Gasteiger partial charge in [-0.25, -0.2) is 0 Å². The van der Waals surface area contributed by atoms with Crippen LogP contribution >= 0.6 is 0 Å². The number of ether oxygens (including phenoxy) is 2. The number of aryl methyl sites for hydroxylation is 1. The minimum absolute atomic E-state index is 0.130. The van der Waals surface area contributed by atoms with Crippen LogP contribution in [0, 0.1) is 6.92 Å². The van der Waals surface area contributed by atoms with Gasteiger partial charge in [-0.1, -0.05) is 50.2 Å². The first-order valence-electron chi connectivity index (χ1n) is 14.1. The van der Waals surface area contributed by atoms with Crippen molar-refractivity contribution in [2.24, 2.45) is 0 Å². The lowest BCUT2D eigenvalue weighted by Crippen LogP contribution is -2.50. The molecule has 1 aromatic heterocycles. The summed E-state index contributed by atoms with van der Waals surface area (Å²) in [4.78, 5) is 42.4. The van der Waals surface area contributed by atoms with E-state index >= 15 is 0 Å². The van der Waals surface area contributed by atoms with Crippen molar-refractivity contribution in [3.05, 3.63) is 65.4 Å². The van der Waals surface area contributed by atoms with E-state index < -0.39 is 29.3 Å². The zero-order valence-corrected chi connectivity index (χ0v) is 25.7. The second kappa shape index (κ2) is 14.0. The zero-order valence-electron chi connectivity index (χ0n) is 25.7. The quantitative estimate of drug-likeness (QED) is 0.258. The second-order valence-corrected chi connectivity index (χ2v) is 11.1. The third-order valence-corrected chi connectivity index (χ3v) is 7.15. The van der Waals surface area contributed by atoms with Crippen LogP contribution in [-0.4, -0.2) is 42.6 Å². The van der Waals surface area contributed by atoms with Gasteiger partial charge in [-0.2, -0.15) is 0 Å². The van der Waals surface area contributed by atoms with Crippen LogP contribution in [0.25, 0.3) is 0 Å². The molecule has 0 spiro atoms. The first-order valence-corrected chi connectivity index (χ1v) is 14.1. The van der Waals surface area contributed by atoms with Gasteiger partial charge in [0.15, 0.2) is 17.3 Å². The van der Waals surface area contributed by atoms with Gasteiger partial charge in [0, 0.05) is 35.7 Å². The fourth-order valence-corrected chi connectivity index (χ4v) is 4.44. The molecule has 3 rings (SSSR count). The Kier molecular flexibility index (Phi) is 10.7. The number of benzene rings is 2. The molecule has 2 N–H and O–H groups in total. The highest BCUT2D eigenvalue weighted by Crippen LogP contribution is 2.40. The molecule has 0 unspecified atom stereocenters. The highest BCUT2D eigenvalue weighted by molar-refractivity contribution is 6.03. The lowest BCUT2D eigenvalue weighted by molar-refractivity contribution is -0.128. The maximum absolute atomic E-state index is 14.2. The largest absolute Gasteiger partial charge is 0.493 e. The third-order valence-electron chi connectivity index (χ3n) is 7.15. The minimum Gasteiger partial charge on any atom is -0.493 e. The van der Waals surface area contributed by atoms with E-state index in [2.05, 4.69) is 29.6 Å². The molecule has 0 radical (unpaired) electrons. The SMILES string of the molecule is CCC(C)(C)NC(=O)[C@@H](c1cccc(OC)c1OC)N(C(=O)CCC(=O)Nc1cc(C)on1)c1ccc(C(C)C)cc1. The maximum Gasteiger partial charge on any atom is 0.248 e. The van der Waals surface area contributed by atoms with E-state index in [1.54, 1.807) is 31.2 Å². The fraction of sp³-hybridized carbons (Fsp3) is 0.438. The third kappa shape index (κ3) is 7.90. The second-order valence-electron chi connectivity index (χ2n) is 11.1. The molecule has 0 fully saturated rings. The van der Waals surface area contributed by atoms with Gasteiger partial charge in [-0.3, -0.25) is 19.3 Å². The van der Waals surface area contributed by atoms with Gasteiger partial charge in [0.25, 0.3) is 0 Å². The molecule has 1 heterocycles. The molecule has 2 aromatic carbocycles. The van der Waals surface area contributed by atoms with Gasteiger partial charge < -0.3 is 24.6 Å². The Balaban J connectivity index is 2.10. The van der Waals surface area contributed by atoms with Crippen LogP contribution in [0.2, 0.25) is 0 Å². The van der Waals surface area contributed by atoms with E-state index in [0.717, 1.165) is 5.56 Å². The average Bonchev–Trinajstić information content (AvgIpc) is 3.37. The molecule has 3 aromatic rings. The van der Waals surface area contributed by atoms with Gasteiger partial charge in [0.2, 0.25) is 17.7 Å². The van der Waals surface area contributed by atoms with E-state index in [-0.39, 0.29) is 24.6 Å². The van der Waals surface area contributed by atoms with Crippen molar-refractivity contribution in [3.8, 4) is 11.5 Å². The number of nitrogens with one attached hydrogen (secondary N) is 2. The topological polar surface area (TPSA) is 123 Å². The number of anilines is 2. The molecule has 226 valence electrons. The lowest BCUT2D eigenvalue weighted by Gasteiger charge is -2.35. The summed E-state index contributed by atoms with van der Waals surface area (Å²) >= 11 is 0. The summed E-state index contributed by atoms with van der Waals surface area (Å²) in [5, 5.41) is 9.52. The molecule has 0 aliphatic heterocycles. The Morgan fingerprint density at radius 3 is 2.26 bits per heavy atom. The van der Waals surface area contributed by atoms with E-state index in [9.17, 15) is 14.4 Å². The smallest absolute Gasteiger partial charge is 0.248 e. The fourth-order valence-electron chi connectivity index (χ4n) is 4.44. The lowest BCUT2D eigenvalue weighted by atomic mass is 9.96. The number of methoxy groups -OCH3 is 2. The number of nitrogens with zero attached hydrogens (tertiary/aromatic N) is 2. The van der Waals surface area contributed by atoms with Crippen LogP contribution in [0.5, 0.6) is 11.5 Å². The molecule has 1 atom stereocenters. The molecular formula is C32H42N4O6. The van der Waals surface area contributed by atoms with Crippen molar-refractivity contribution in [2.75, 3.05) is 24.4 Å². The van der Waals surface area contributed by atoms with Crippen molar-refractivity contribution >= 4 is 29.2 Å². The number of aromatic nitrogens is 1. The first-order chi connectivity index (χ1) is 19.9. The molecule has 3 amide bonds. The van der Waals surface area contributed by atoms with Gasteiger partial charge >= 0.3 is 0 Å². The Morgan fingerprint density at radius 1 is 1.02 bits per heavy atom. The molecule has 0 aliphatic carbocycles. The number of rotatable bonds is 13. The highest BCUT2D eigenvalue weighted by atomic mass is 16.5. The van der Waals surface area contributed by atoms with Gasteiger partial charge in [0.05, 0.1) is 14.2 Å². The number of hydrogen-bond acceptors (Lipinski definition) is 7. The molecule has 0 aliphatic rings. The predicted octanol–water partition coefficient (Wildman–Crippen LogP) is 5.92. The van der Waals surface area contributed by atoms with Crippen LogP contribution in [0.1, 0.15) is 82.7 Å². The molecule has 42 heavy (non-hydrogen) atoms. The van der Waals surface area contributed by atoms with Gasteiger partial charge in [-0.15, -0.1) is 0 Å². The molecule has 10 heteroatoms. The van der Waals surface area contributed by atoms with Crippen molar-refractivity contribution in [3.63, 3.8) is 0 Å². The number of carbonyl (C=O) groups excluding carboxylic acids is 3. The van der Waals surface area contributed by atoms with E-state index in [4.69, 9.17) is 14.0 Å². The predicted molar refractivity (Wildman–Crippen MR) is 162 cm³/mol. The summed E-state index contributed by atoms with van der Waals surface area (Å²) in [5.41, 5.74) is 1.50.